The molecule has 2 aromatic carbocycles. The number of nitrogens with zero attached hydrogens (tertiary/aromatic N) is 1. The molecule has 0 saturated heterocycles. The van der Waals surface area contributed by atoms with Crippen molar-refractivity contribution >= 4 is 23.2 Å². The summed E-state index contributed by atoms with van der Waals surface area (Å²) in [4.78, 5) is 26.7. The molecule has 2 aromatic rings. The van der Waals surface area contributed by atoms with Crippen LogP contribution in [-0.2, 0) is 9.59 Å². The first-order valence-electron chi connectivity index (χ1n) is 9.48. The zero-order valence-electron chi connectivity index (χ0n) is 17.2. The van der Waals surface area contributed by atoms with Crippen molar-refractivity contribution in [3.8, 4) is 0 Å². The van der Waals surface area contributed by atoms with Crippen molar-refractivity contribution in [1.82, 2.24) is 0 Å². The van der Waals surface area contributed by atoms with E-state index in [9.17, 15) is 9.59 Å². The highest BCUT2D eigenvalue weighted by atomic mass is 16.2. The summed E-state index contributed by atoms with van der Waals surface area (Å²) in [6.07, 6.45) is 0. The predicted octanol–water partition coefficient (Wildman–Crippen LogP) is 5.23. The molecule has 2 rings (SSSR count). The second-order valence-corrected chi connectivity index (χ2v) is 7.56. The summed E-state index contributed by atoms with van der Waals surface area (Å²) in [5.41, 5.74) is 4.81. The molecule has 4 heteroatoms. The Labute approximate surface area is 162 Å². The lowest BCUT2D eigenvalue weighted by Crippen LogP contribution is -2.37. The number of carbonyl (C=O) groups excluding carboxylic acids is 2. The molecule has 4 nitrogen and oxygen atoms in total. The van der Waals surface area contributed by atoms with E-state index in [1.807, 2.05) is 49.4 Å². The van der Waals surface area contributed by atoms with Crippen molar-refractivity contribution in [2.24, 2.45) is 0 Å². The van der Waals surface area contributed by atoms with Crippen LogP contribution < -0.4 is 10.2 Å². The minimum atomic E-state index is -0.194. The quantitative estimate of drug-likeness (QED) is 0.760. The topological polar surface area (TPSA) is 49.4 Å². The molecule has 0 fully saturated rings. The SMILES string of the molecule is CC(=O)N(CC(=O)Nc1c(C)cccc1C(C)C)c1ccccc1C(C)C. The summed E-state index contributed by atoms with van der Waals surface area (Å²) in [5.74, 6) is 0.216. The Hall–Kier alpha value is -2.62. The first-order chi connectivity index (χ1) is 12.7. The predicted molar refractivity (Wildman–Crippen MR) is 112 cm³/mol. The fourth-order valence-electron chi connectivity index (χ4n) is 3.25. The smallest absolute Gasteiger partial charge is 0.244 e. The van der Waals surface area contributed by atoms with Gasteiger partial charge in [0.2, 0.25) is 11.8 Å². The van der Waals surface area contributed by atoms with E-state index in [0.29, 0.717) is 5.92 Å². The first kappa shape index (κ1) is 20.7. The van der Waals surface area contributed by atoms with Crippen LogP contribution in [0.15, 0.2) is 42.5 Å². The second-order valence-electron chi connectivity index (χ2n) is 7.56. The second kappa shape index (κ2) is 8.85. The number of nitrogens with one attached hydrogen (secondary N) is 1. The van der Waals surface area contributed by atoms with Crippen LogP contribution in [0.5, 0.6) is 0 Å². The molecule has 0 aliphatic carbocycles. The maximum atomic E-state index is 12.8. The number of carbonyl (C=O) groups is 2. The maximum absolute atomic E-state index is 12.8. The third-order valence-corrected chi connectivity index (χ3v) is 4.72. The van der Waals surface area contributed by atoms with Gasteiger partial charge in [-0.05, 0) is 41.5 Å². The molecule has 0 aliphatic heterocycles. The van der Waals surface area contributed by atoms with Crippen LogP contribution in [0.25, 0.3) is 0 Å². The number of rotatable bonds is 6. The Bertz CT molecular complexity index is 825. The third kappa shape index (κ3) is 4.97. The Kier molecular flexibility index (Phi) is 6.78. The Morgan fingerprint density at radius 2 is 1.52 bits per heavy atom. The first-order valence-corrected chi connectivity index (χ1v) is 9.48. The molecule has 0 bridgehead atoms. The van der Waals surface area contributed by atoms with Gasteiger partial charge in [-0.3, -0.25) is 9.59 Å². The highest BCUT2D eigenvalue weighted by Gasteiger charge is 2.21. The van der Waals surface area contributed by atoms with E-state index in [0.717, 1.165) is 28.1 Å². The van der Waals surface area contributed by atoms with Gasteiger partial charge in [0.05, 0.1) is 0 Å². The van der Waals surface area contributed by atoms with Crippen molar-refractivity contribution < 1.29 is 9.59 Å². The van der Waals surface area contributed by atoms with E-state index < -0.39 is 0 Å². The fraction of sp³-hybridized carbons (Fsp3) is 0.391. The van der Waals surface area contributed by atoms with E-state index in [1.165, 1.54) is 6.92 Å². The molecule has 0 heterocycles. The van der Waals surface area contributed by atoms with Gasteiger partial charge in [0.1, 0.15) is 6.54 Å². The standard InChI is InChI=1S/C23H30N2O2/c1-15(2)19-11-7-8-13-21(19)25(18(6)26)14-22(27)24-23-17(5)10-9-12-20(23)16(3)4/h7-13,15-16H,14H2,1-6H3,(H,24,27). The Balaban J connectivity index is 2.29. The van der Waals surface area contributed by atoms with Gasteiger partial charge >= 0.3 is 0 Å². The van der Waals surface area contributed by atoms with Gasteiger partial charge in [0.15, 0.2) is 0 Å². The number of para-hydroxylation sites is 2. The average Bonchev–Trinajstić information content (AvgIpc) is 2.60. The molecule has 0 radical (unpaired) electrons. The molecule has 0 saturated carbocycles. The minimum Gasteiger partial charge on any atom is -0.324 e. The normalized spacial score (nSPS) is 11.0. The molecule has 0 aliphatic rings. The monoisotopic (exact) mass is 366 g/mol. The van der Waals surface area contributed by atoms with Crippen LogP contribution in [0.2, 0.25) is 0 Å². The molecule has 144 valence electrons. The molecular weight excluding hydrogens is 336 g/mol. The third-order valence-electron chi connectivity index (χ3n) is 4.72. The number of anilines is 2. The van der Waals surface area contributed by atoms with E-state index in [2.05, 4.69) is 33.0 Å². The molecule has 1 N–H and O–H groups in total. The van der Waals surface area contributed by atoms with E-state index in [1.54, 1.807) is 4.90 Å². The molecule has 0 atom stereocenters. The van der Waals surface area contributed by atoms with Gasteiger partial charge < -0.3 is 10.2 Å². The zero-order chi connectivity index (χ0) is 20.1. The van der Waals surface area contributed by atoms with Crippen LogP contribution in [0.4, 0.5) is 11.4 Å². The summed E-state index contributed by atoms with van der Waals surface area (Å²) in [5, 5.41) is 3.03. The van der Waals surface area contributed by atoms with Crippen LogP contribution in [0.3, 0.4) is 0 Å². The van der Waals surface area contributed by atoms with Crippen molar-refractivity contribution in [3.05, 3.63) is 59.2 Å². The van der Waals surface area contributed by atoms with Crippen LogP contribution >= 0.6 is 0 Å². The van der Waals surface area contributed by atoms with Gasteiger partial charge in [-0.2, -0.15) is 0 Å². The summed E-state index contributed by atoms with van der Waals surface area (Å²) in [7, 11) is 0. The molecule has 0 unspecified atom stereocenters. The molecule has 27 heavy (non-hydrogen) atoms. The van der Waals surface area contributed by atoms with Gasteiger partial charge in [-0.15, -0.1) is 0 Å². The van der Waals surface area contributed by atoms with Gasteiger partial charge in [0, 0.05) is 18.3 Å². The maximum Gasteiger partial charge on any atom is 0.244 e. The highest BCUT2D eigenvalue weighted by molar-refractivity contribution is 6.02. The van der Waals surface area contributed by atoms with Crippen LogP contribution in [-0.4, -0.2) is 18.4 Å². The summed E-state index contributed by atoms with van der Waals surface area (Å²) < 4.78 is 0. The number of amides is 2. The van der Waals surface area contributed by atoms with Gasteiger partial charge in [-0.1, -0.05) is 64.1 Å². The Morgan fingerprint density at radius 1 is 0.926 bits per heavy atom. The lowest BCUT2D eigenvalue weighted by molar-refractivity contribution is -0.120. The van der Waals surface area contributed by atoms with Crippen molar-refractivity contribution in [2.45, 2.75) is 53.4 Å². The van der Waals surface area contributed by atoms with E-state index >= 15 is 0 Å². The van der Waals surface area contributed by atoms with Gasteiger partial charge in [0.25, 0.3) is 0 Å². The summed E-state index contributed by atoms with van der Waals surface area (Å²) >= 11 is 0. The largest absolute Gasteiger partial charge is 0.324 e. The summed E-state index contributed by atoms with van der Waals surface area (Å²) in [6, 6.07) is 13.8. The van der Waals surface area contributed by atoms with Crippen LogP contribution in [0.1, 0.15) is 63.1 Å². The van der Waals surface area contributed by atoms with E-state index in [-0.39, 0.29) is 24.3 Å². The minimum absolute atomic E-state index is 0.00899. The van der Waals surface area contributed by atoms with Crippen molar-refractivity contribution in [3.63, 3.8) is 0 Å². The highest BCUT2D eigenvalue weighted by Crippen LogP contribution is 2.29. The number of aryl methyl sites for hydroxylation is 1. The fourth-order valence-corrected chi connectivity index (χ4v) is 3.25. The zero-order valence-corrected chi connectivity index (χ0v) is 17.2. The molecular formula is C23H30N2O2. The number of benzene rings is 2. The number of hydrogen-bond acceptors (Lipinski definition) is 2. The molecule has 2 amide bonds. The molecule has 0 aromatic heterocycles. The van der Waals surface area contributed by atoms with Crippen molar-refractivity contribution in [1.29, 1.82) is 0 Å². The molecule has 0 spiro atoms. The van der Waals surface area contributed by atoms with E-state index in [4.69, 9.17) is 0 Å². The van der Waals surface area contributed by atoms with Crippen LogP contribution in [0, 0.1) is 6.92 Å². The van der Waals surface area contributed by atoms with Gasteiger partial charge in [-0.25, -0.2) is 0 Å². The Morgan fingerprint density at radius 3 is 2.11 bits per heavy atom. The summed E-state index contributed by atoms with van der Waals surface area (Å²) in [6.45, 7) is 11.8. The lowest BCUT2D eigenvalue weighted by Gasteiger charge is -2.25. The average molecular weight is 367 g/mol. The van der Waals surface area contributed by atoms with Crippen molar-refractivity contribution in [2.75, 3.05) is 16.8 Å². The lowest BCUT2D eigenvalue weighted by atomic mass is 9.98. The number of hydrogen-bond donors (Lipinski definition) is 1.